The van der Waals surface area contributed by atoms with Crippen molar-refractivity contribution in [1.29, 1.82) is 0 Å². The molecule has 0 saturated heterocycles. The van der Waals surface area contributed by atoms with E-state index >= 15 is 0 Å². The number of aliphatic imine (C=N–C) groups is 1. The number of guanidine groups is 1. The van der Waals surface area contributed by atoms with Crippen LogP contribution in [-0.2, 0) is 12.8 Å². The van der Waals surface area contributed by atoms with Crippen LogP contribution in [0.2, 0.25) is 0 Å². The first-order chi connectivity index (χ1) is 17.4. The molecule has 0 aliphatic heterocycles. The Kier molecular flexibility index (Phi) is 7.58. The van der Waals surface area contributed by atoms with Gasteiger partial charge in [-0.15, -0.1) is 0 Å². The standard InChI is InChI=1S/C27H33N7O2/c1-3-33(4-2)20-11-9-19(10-12-20)24-17-34-25(22(31-24)6-5-15-30-27(28)29)32-23(26(34)36)16-18-7-13-21(35)14-8-18/h7-14,17,35-36H,3-6,15-16H2,1-2H3,(H4,28,29,30). The molecular weight excluding hydrogens is 454 g/mol. The minimum Gasteiger partial charge on any atom is -0.508 e. The Morgan fingerprint density at radius 1 is 0.944 bits per heavy atom. The van der Waals surface area contributed by atoms with Crippen LogP contribution < -0.4 is 16.4 Å². The molecule has 2 heterocycles. The van der Waals surface area contributed by atoms with Crippen molar-refractivity contribution in [2.75, 3.05) is 24.5 Å². The molecule has 2 aromatic heterocycles. The molecule has 2 aromatic carbocycles. The van der Waals surface area contributed by atoms with Crippen molar-refractivity contribution in [1.82, 2.24) is 14.4 Å². The first-order valence-electron chi connectivity index (χ1n) is 12.2. The van der Waals surface area contributed by atoms with Crippen LogP contribution in [0.5, 0.6) is 11.6 Å². The third-order valence-electron chi connectivity index (χ3n) is 6.19. The summed E-state index contributed by atoms with van der Waals surface area (Å²) in [5.74, 6) is 0.332. The lowest BCUT2D eigenvalue weighted by Gasteiger charge is -2.21. The van der Waals surface area contributed by atoms with Crippen molar-refractivity contribution in [3.05, 3.63) is 71.7 Å². The predicted octanol–water partition coefficient (Wildman–Crippen LogP) is 3.45. The molecule has 0 spiro atoms. The molecule has 4 aromatic rings. The van der Waals surface area contributed by atoms with Crippen molar-refractivity contribution < 1.29 is 10.2 Å². The molecule has 188 valence electrons. The van der Waals surface area contributed by atoms with E-state index in [1.165, 1.54) is 0 Å². The maximum atomic E-state index is 11.1. The van der Waals surface area contributed by atoms with Crippen LogP contribution in [0.1, 0.15) is 37.2 Å². The molecule has 9 heteroatoms. The van der Waals surface area contributed by atoms with Crippen LogP contribution in [0.3, 0.4) is 0 Å². The topological polar surface area (TPSA) is 138 Å². The summed E-state index contributed by atoms with van der Waals surface area (Å²) in [5, 5.41) is 20.7. The van der Waals surface area contributed by atoms with Gasteiger partial charge in [0.25, 0.3) is 0 Å². The average Bonchev–Trinajstić information content (AvgIpc) is 3.19. The van der Waals surface area contributed by atoms with Crippen LogP contribution in [0.4, 0.5) is 5.69 Å². The van der Waals surface area contributed by atoms with Gasteiger partial charge in [-0.25, -0.2) is 9.97 Å². The number of fused-ring (bicyclic) bond motifs is 1. The highest BCUT2D eigenvalue weighted by Crippen LogP contribution is 2.29. The molecule has 9 nitrogen and oxygen atoms in total. The van der Waals surface area contributed by atoms with Gasteiger partial charge in [-0.3, -0.25) is 9.39 Å². The lowest BCUT2D eigenvalue weighted by Crippen LogP contribution is -2.23. The average molecular weight is 488 g/mol. The molecule has 0 radical (unpaired) electrons. The normalized spacial score (nSPS) is 11.1. The SMILES string of the molecule is CCN(CC)c1ccc(-c2cn3c(O)c(Cc4ccc(O)cc4)nc3c(CCCN=C(N)N)n2)cc1. The van der Waals surface area contributed by atoms with Crippen molar-refractivity contribution >= 4 is 17.3 Å². The summed E-state index contributed by atoms with van der Waals surface area (Å²) in [6.07, 6.45) is 3.53. The quantitative estimate of drug-likeness (QED) is 0.153. The number of hydrogen-bond acceptors (Lipinski definition) is 6. The van der Waals surface area contributed by atoms with Gasteiger partial charge >= 0.3 is 0 Å². The number of phenolic OH excluding ortho intramolecular Hbond substituents is 1. The molecule has 0 unspecified atom stereocenters. The molecule has 6 N–H and O–H groups in total. The minimum atomic E-state index is 0.0600. The van der Waals surface area contributed by atoms with E-state index < -0.39 is 0 Å². The van der Waals surface area contributed by atoms with Gasteiger partial charge in [0, 0.05) is 43.5 Å². The number of aryl methyl sites for hydroxylation is 1. The summed E-state index contributed by atoms with van der Waals surface area (Å²) >= 11 is 0. The number of anilines is 1. The van der Waals surface area contributed by atoms with Crippen molar-refractivity contribution in [3.63, 3.8) is 0 Å². The van der Waals surface area contributed by atoms with Gasteiger partial charge in [-0.2, -0.15) is 0 Å². The Hall–Kier alpha value is -4.27. The van der Waals surface area contributed by atoms with Crippen LogP contribution in [0.15, 0.2) is 59.7 Å². The molecule has 0 aliphatic rings. The minimum absolute atomic E-state index is 0.0600. The van der Waals surface area contributed by atoms with Crippen molar-refractivity contribution in [2.24, 2.45) is 16.5 Å². The van der Waals surface area contributed by atoms with Gasteiger partial charge in [0.1, 0.15) is 11.4 Å². The number of phenols is 1. The summed E-state index contributed by atoms with van der Waals surface area (Å²) < 4.78 is 1.70. The molecule has 0 fully saturated rings. The highest BCUT2D eigenvalue weighted by molar-refractivity contribution is 5.75. The number of rotatable bonds is 10. The molecule has 0 atom stereocenters. The summed E-state index contributed by atoms with van der Waals surface area (Å²) in [6.45, 7) is 6.63. The van der Waals surface area contributed by atoms with Crippen LogP contribution in [-0.4, -0.2) is 50.2 Å². The van der Waals surface area contributed by atoms with E-state index in [9.17, 15) is 10.2 Å². The lowest BCUT2D eigenvalue weighted by atomic mass is 10.1. The number of nitrogens with zero attached hydrogens (tertiary/aromatic N) is 5. The zero-order valence-corrected chi connectivity index (χ0v) is 20.7. The second kappa shape index (κ2) is 11.0. The van der Waals surface area contributed by atoms with Crippen LogP contribution >= 0.6 is 0 Å². The number of aromatic hydroxyl groups is 2. The number of imidazole rings is 1. The predicted molar refractivity (Wildman–Crippen MR) is 144 cm³/mol. The number of nitrogens with two attached hydrogens (primary N) is 2. The van der Waals surface area contributed by atoms with Gasteiger partial charge in [-0.1, -0.05) is 24.3 Å². The molecule has 0 amide bonds. The Labute approximate surface area is 210 Å². The Morgan fingerprint density at radius 2 is 1.64 bits per heavy atom. The van der Waals surface area contributed by atoms with Gasteiger partial charge in [-0.05, 0) is 56.5 Å². The van der Waals surface area contributed by atoms with E-state index in [1.54, 1.807) is 16.5 Å². The first-order valence-corrected chi connectivity index (χ1v) is 12.2. The molecule has 4 rings (SSSR count). The zero-order chi connectivity index (χ0) is 25.7. The maximum absolute atomic E-state index is 11.1. The van der Waals surface area contributed by atoms with E-state index in [4.69, 9.17) is 21.4 Å². The summed E-state index contributed by atoms with van der Waals surface area (Å²) in [6, 6.07) is 15.2. The Bertz CT molecular complexity index is 1340. The fraction of sp³-hybridized carbons (Fsp3) is 0.296. The van der Waals surface area contributed by atoms with Gasteiger partial charge in [0.05, 0.1) is 11.4 Å². The zero-order valence-electron chi connectivity index (χ0n) is 20.7. The molecule has 0 aliphatic carbocycles. The molecule has 36 heavy (non-hydrogen) atoms. The Morgan fingerprint density at radius 3 is 2.28 bits per heavy atom. The van der Waals surface area contributed by atoms with Gasteiger partial charge in [0.2, 0.25) is 5.88 Å². The number of aromatic nitrogens is 3. The lowest BCUT2D eigenvalue weighted by molar-refractivity contribution is 0.442. The maximum Gasteiger partial charge on any atom is 0.219 e. The highest BCUT2D eigenvalue weighted by Gasteiger charge is 2.18. The monoisotopic (exact) mass is 487 g/mol. The second-order valence-electron chi connectivity index (χ2n) is 8.62. The number of hydrogen-bond donors (Lipinski definition) is 4. The third-order valence-corrected chi connectivity index (χ3v) is 6.19. The smallest absolute Gasteiger partial charge is 0.219 e. The van der Waals surface area contributed by atoms with Crippen molar-refractivity contribution in [3.8, 4) is 22.9 Å². The fourth-order valence-electron chi connectivity index (χ4n) is 4.26. The largest absolute Gasteiger partial charge is 0.508 e. The van der Waals surface area contributed by atoms with E-state index in [2.05, 4.69) is 48.0 Å². The highest BCUT2D eigenvalue weighted by atomic mass is 16.3. The van der Waals surface area contributed by atoms with Gasteiger partial charge in [0.15, 0.2) is 11.6 Å². The summed E-state index contributed by atoms with van der Waals surface area (Å²) in [5.41, 5.74) is 16.6. The third kappa shape index (κ3) is 5.51. The second-order valence-corrected chi connectivity index (χ2v) is 8.62. The molecule has 0 bridgehead atoms. The van der Waals surface area contributed by atoms with Crippen LogP contribution in [0, 0.1) is 0 Å². The van der Waals surface area contributed by atoms with Crippen molar-refractivity contribution in [2.45, 2.75) is 33.1 Å². The van der Waals surface area contributed by atoms with Gasteiger partial charge < -0.3 is 26.6 Å². The van der Waals surface area contributed by atoms with E-state index in [-0.39, 0.29) is 17.6 Å². The Balaban J connectivity index is 1.73. The first kappa shape index (κ1) is 24.8. The van der Waals surface area contributed by atoms with E-state index in [0.717, 1.165) is 41.3 Å². The molecule has 0 saturated carbocycles. The number of benzene rings is 2. The van der Waals surface area contributed by atoms with E-state index in [1.807, 2.05) is 18.3 Å². The fourth-order valence-corrected chi connectivity index (χ4v) is 4.26. The summed E-state index contributed by atoms with van der Waals surface area (Å²) in [7, 11) is 0. The summed E-state index contributed by atoms with van der Waals surface area (Å²) in [4.78, 5) is 16.0. The molecular formula is C27H33N7O2. The van der Waals surface area contributed by atoms with E-state index in [0.29, 0.717) is 37.1 Å². The van der Waals surface area contributed by atoms with Crippen LogP contribution in [0.25, 0.3) is 16.9 Å².